The lowest BCUT2D eigenvalue weighted by Gasteiger charge is -2.33. The van der Waals surface area contributed by atoms with Crippen molar-refractivity contribution in [1.82, 2.24) is 4.90 Å². The van der Waals surface area contributed by atoms with Gasteiger partial charge >= 0.3 is 0 Å². The van der Waals surface area contributed by atoms with Crippen LogP contribution in [0, 0.1) is 17.3 Å². The van der Waals surface area contributed by atoms with Crippen LogP contribution in [0.2, 0.25) is 0 Å². The lowest BCUT2D eigenvalue weighted by atomic mass is 9.84. The fourth-order valence-electron chi connectivity index (χ4n) is 3.34. The van der Waals surface area contributed by atoms with E-state index in [-0.39, 0.29) is 0 Å². The molecule has 16 heavy (non-hydrogen) atoms. The average molecular weight is 224 g/mol. The van der Waals surface area contributed by atoms with Crippen LogP contribution in [0.15, 0.2) is 0 Å². The van der Waals surface area contributed by atoms with Crippen molar-refractivity contribution in [2.45, 2.75) is 52.0 Å². The second-order valence-electron chi connectivity index (χ2n) is 6.83. The van der Waals surface area contributed by atoms with Crippen LogP contribution < -0.4 is 5.73 Å². The highest BCUT2D eigenvalue weighted by Gasteiger charge is 2.39. The summed E-state index contributed by atoms with van der Waals surface area (Å²) < 4.78 is 0. The van der Waals surface area contributed by atoms with Gasteiger partial charge < -0.3 is 10.6 Å². The van der Waals surface area contributed by atoms with Crippen LogP contribution in [0.3, 0.4) is 0 Å². The number of rotatable bonds is 4. The van der Waals surface area contributed by atoms with Gasteiger partial charge in [-0.25, -0.2) is 0 Å². The zero-order valence-electron chi connectivity index (χ0n) is 11.2. The Morgan fingerprint density at radius 2 is 1.88 bits per heavy atom. The lowest BCUT2D eigenvalue weighted by Crippen LogP contribution is -2.42. The predicted molar refractivity (Wildman–Crippen MR) is 69.3 cm³/mol. The summed E-state index contributed by atoms with van der Waals surface area (Å²) >= 11 is 0. The van der Waals surface area contributed by atoms with E-state index in [0.717, 1.165) is 11.8 Å². The Labute approximate surface area is 101 Å². The Bertz CT molecular complexity index is 233. The zero-order valence-corrected chi connectivity index (χ0v) is 11.2. The van der Waals surface area contributed by atoms with E-state index in [9.17, 15) is 0 Å². The Morgan fingerprint density at radius 3 is 2.31 bits per heavy atom. The zero-order chi connectivity index (χ0) is 11.8. The quantitative estimate of drug-likeness (QED) is 0.795. The smallest absolute Gasteiger partial charge is 0.0131 e. The summed E-state index contributed by atoms with van der Waals surface area (Å²) in [5.74, 6) is 1.70. The van der Waals surface area contributed by atoms with Crippen LogP contribution in [-0.4, -0.2) is 31.1 Å². The minimum Gasteiger partial charge on any atom is -0.327 e. The van der Waals surface area contributed by atoms with E-state index in [1.807, 2.05) is 0 Å². The van der Waals surface area contributed by atoms with Gasteiger partial charge in [-0.15, -0.1) is 0 Å². The Kier molecular flexibility index (Phi) is 3.60. The lowest BCUT2D eigenvalue weighted by molar-refractivity contribution is 0.173. The van der Waals surface area contributed by atoms with E-state index >= 15 is 0 Å². The highest BCUT2D eigenvalue weighted by molar-refractivity contribution is 4.95. The van der Waals surface area contributed by atoms with Gasteiger partial charge in [0.1, 0.15) is 0 Å². The van der Waals surface area contributed by atoms with Crippen molar-refractivity contribution < 1.29 is 0 Å². The average Bonchev–Trinajstić information content (AvgIpc) is 2.39. The van der Waals surface area contributed by atoms with Crippen LogP contribution in [-0.2, 0) is 0 Å². The maximum absolute atomic E-state index is 6.36. The molecule has 0 saturated heterocycles. The predicted octanol–water partition coefficient (Wildman–Crippen LogP) is 2.48. The maximum atomic E-state index is 6.36. The first-order chi connectivity index (χ1) is 7.49. The van der Waals surface area contributed by atoms with Gasteiger partial charge in [0.25, 0.3) is 0 Å². The molecule has 0 aromatic carbocycles. The number of nitrogens with zero attached hydrogens (tertiary/aromatic N) is 1. The third kappa shape index (κ3) is 2.60. The van der Waals surface area contributed by atoms with Crippen molar-refractivity contribution in [3.63, 3.8) is 0 Å². The molecular weight excluding hydrogens is 196 g/mol. The molecule has 0 radical (unpaired) electrons. The van der Waals surface area contributed by atoms with Gasteiger partial charge in [0.05, 0.1) is 0 Å². The second kappa shape index (κ2) is 4.66. The van der Waals surface area contributed by atoms with E-state index in [0.29, 0.717) is 11.5 Å². The first-order valence-electron chi connectivity index (χ1n) is 6.93. The molecule has 2 N–H and O–H groups in total. The van der Waals surface area contributed by atoms with Gasteiger partial charge in [0.2, 0.25) is 0 Å². The summed E-state index contributed by atoms with van der Waals surface area (Å²) in [6.45, 7) is 7.15. The number of nitrogens with two attached hydrogens (primary N) is 1. The highest BCUT2D eigenvalue weighted by Crippen LogP contribution is 2.40. The molecule has 2 aliphatic carbocycles. The third-order valence-electron chi connectivity index (χ3n) is 4.91. The van der Waals surface area contributed by atoms with E-state index in [2.05, 4.69) is 25.8 Å². The Hall–Kier alpha value is -0.0800. The molecule has 2 atom stereocenters. The van der Waals surface area contributed by atoms with Crippen molar-refractivity contribution >= 4 is 0 Å². The molecule has 0 bridgehead atoms. The largest absolute Gasteiger partial charge is 0.327 e. The first kappa shape index (κ1) is 12.4. The molecule has 2 rings (SSSR count). The van der Waals surface area contributed by atoms with Crippen molar-refractivity contribution in [3.8, 4) is 0 Å². The summed E-state index contributed by atoms with van der Waals surface area (Å²) in [6, 6.07) is 0.399. The molecule has 2 fully saturated rings. The molecule has 0 spiro atoms. The van der Waals surface area contributed by atoms with Gasteiger partial charge in [0, 0.05) is 19.1 Å². The molecule has 2 nitrogen and oxygen atoms in total. The van der Waals surface area contributed by atoms with Gasteiger partial charge in [-0.3, -0.25) is 0 Å². The first-order valence-corrected chi connectivity index (χ1v) is 6.93. The minimum absolute atomic E-state index is 0.363. The van der Waals surface area contributed by atoms with E-state index in [4.69, 9.17) is 5.73 Å². The fourth-order valence-corrected chi connectivity index (χ4v) is 3.34. The van der Waals surface area contributed by atoms with E-state index in [1.54, 1.807) is 0 Å². The molecule has 0 aromatic rings. The van der Waals surface area contributed by atoms with Crippen molar-refractivity contribution in [2.24, 2.45) is 23.0 Å². The monoisotopic (exact) mass is 224 g/mol. The van der Waals surface area contributed by atoms with Gasteiger partial charge in [-0.2, -0.15) is 0 Å². The summed E-state index contributed by atoms with van der Waals surface area (Å²) in [5.41, 5.74) is 6.72. The standard InChI is InChI=1S/C14H28N2/c1-14(2)8-7-12(13(14)15)10-16(3)9-11-5-4-6-11/h11-13H,4-10,15H2,1-3H3. The third-order valence-corrected chi connectivity index (χ3v) is 4.91. The van der Waals surface area contributed by atoms with E-state index < -0.39 is 0 Å². The number of hydrogen-bond donors (Lipinski definition) is 1. The Balaban J connectivity index is 1.76. The summed E-state index contributed by atoms with van der Waals surface area (Å²) in [5, 5.41) is 0. The molecule has 0 aromatic heterocycles. The summed E-state index contributed by atoms with van der Waals surface area (Å²) in [7, 11) is 2.27. The summed E-state index contributed by atoms with van der Waals surface area (Å²) in [6.07, 6.45) is 6.98. The van der Waals surface area contributed by atoms with Crippen molar-refractivity contribution in [2.75, 3.05) is 20.1 Å². The molecule has 0 aliphatic heterocycles. The van der Waals surface area contributed by atoms with Crippen molar-refractivity contribution in [3.05, 3.63) is 0 Å². The molecular formula is C14H28N2. The van der Waals surface area contributed by atoms with Gasteiger partial charge in [-0.1, -0.05) is 20.3 Å². The van der Waals surface area contributed by atoms with Gasteiger partial charge in [0.15, 0.2) is 0 Å². The summed E-state index contributed by atoms with van der Waals surface area (Å²) in [4.78, 5) is 2.52. The Morgan fingerprint density at radius 1 is 1.19 bits per heavy atom. The number of hydrogen-bond acceptors (Lipinski definition) is 2. The normalized spacial score (nSPS) is 34.3. The molecule has 0 heterocycles. The van der Waals surface area contributed by atoms with Crippen molar-refractivity contribution in [1.29, 1.82) is 0 Å². The molecule has 2 aliphatic rings. The maximum Gasteiger partial charge on any atom is 0.0131 e. The molecule has 2 saturated carbocycles. The minimum atomic E-state index is 0.363. The van der Waals surface area contributed by atoms with Crippen LogP contribution in [0.1, 0.15) is 46.0 Å². The van der Waals surface area contributed by atoms with Crippen LogP contribution in [0.4, 0.5) is 0 Å². The molecule has 0 amide bonds. The fraction of sp³-hybridized carbons (Fsp3) is 1.00. The van der Waals surface area contributed by atoms with Crippen LogP contribution in [0.25, 0.3) is 0 Å². The molecule has 2 heteroatoms. The topological polar surface area (TPSA) is 29.3 Å². The van der Waals surface area contributed by atoms with Crippen LogP contribution in [0.5, 0.6) is 0 Å². The van der Waals surface area contributed by atoms with E-state index in [1.165, 1.54) is 45.2 Å². The van der Waals surface area contributed by atoms with Gasteiger partial charge in [-0.05, 0) is 50.0 Å². The highest BCUT2D eigenvalue weighted by atomic mass is 15.1. The molecule has 2 unspecified atom stereocenters. The SMILES string of the molecule is CN(CC1CCC1)CC1CCC(C)(C)C1N. The molecule has 94 valence electrons. The second-order valence-corrected chi connectivity index (χ2v) is 6.83. The van der Waals surface area contributed by atoms with Crippen LogP contribution >= 0.6 is 0 Å².